The minimum atomic E-state index is -4.86. The molecule has 2 N–H and O–H groups in total. The molecule has 2 unspecified atom stereocenters. The summed E-state index contributed by atoms with van der Waals surface area (Å²) in [5.74, 6) is -5.16. The Morgan fingerprint density at radius 1 is 1.05 bits per heavy atom. The molecule has 5 rings (SSSR count). The summed E-state index contributed by atoms with van der Waals surface area (Å²) in [6.07, 6.45) is -1.10. The third-order valence-corrected chi connectivity index (χ3v) is 7.63. The normalized spacial score (nSPS) is 25.4. The number of carbonyl (C=O) groups is 2. The van der Waals surface area contributed by atoms with Gasteiger partial charge < -0.3 is 20.3 Å². The smallest absolute Gasteiger partial charge is 0.420 e. The van der Waals surface area contributed by atoms with Crippen LogP contribution >= 0.6 is 0 Å². The molecular formula is C27H28F6N4O3. The van der Waals surface area contributed by atoms with E-state index >= 15 is 0 Å². The second kappa shape index (κ2) is 9.84. The summed E-state index contributed by atoms with van der Waals surface area (Å²) >= 11 is 0. The number of hydrogen-bond acceptors (Lipinski definition) is 5. The van der Waals surface area contributed by atoms with Crippen LogP contribution in [0, 0.1) is 5.82 Å². The number of carbonyl (C=O) groups excluding carboxylic acids is 2. The van der Waals surface area contributed by atoms with Gasteiger partial charge in [0.1, 0.15) is 22.9 Å². The van der Waals surface area contributed by atoms with Crippen LogP contribution in [-0.4, -0.2) is 52.5 Å². The predicted molar refractivity (Wildman–Crippen MR) is 132 cm³/mol. The van der Waals surface area contributed by atoms with Gasteiger partial charge in [0.05, 0.1) is 11.6 Å². The Balaban J connectivity index is 1.20. The Morgan fingerprint density at radius 2 is 1.70 bits per heavy atom. The first-order valence-electron chi connectivity index (χ1n) is 12.9. The summed E-state index contributed by atoms with van der Waals surface area (Å²) in [6, 6.07) is 3.87. The van der Waals surface area contributed by atoms with Crippen LogP contribution in [0.3, 0.4) is 0 Å². The Morgan fingerprint density at radius 3 is 2.25 bits per heavy atom. The van der Waals surface area contributed by atoms with Crippen LogP contribution < -0.4 is 20.3 Å². The van der Waals surface area contributed by atoms with E-state index in [0.29, 0.717) is 24.7 Å². The summed E-state index contributed by atoms with van der Waals surface area (Å²) < 4.78 is 85.3. The lowest BCUT2D eigenvalue weighted by Gasteiger charge is -2.41. The van der Waals surface area contributed by atoms with E-state index in [0.717, 1.165) is 25.0 Å². The van der Waals surface area contributed by atoms with Crippen LogP contribution in [0.1, 0.15) is 61.9 Å². The maximum absolute atomic E-state index is 13.5. The van der Waals surface area contributed by atoms with Crippen LogP contribution in [0.25, 0.3) is 0 Å². The molecular weight excluding hydrogens is 542 g/mol. The lowest BCUT2D eigenvalue weighted by atomic mass is 9.96. The van der Waals surface area contributed by atoms with Gasteiger partial charge in [-0.1, -0.05) is 0 Å². The average molecular weight is 571 g/mol. The Bertz CT molecular complexity index is 1290. The van der Waals surface area contributed by atoms with E-state index in [4.69, 9.17) is 4.74 Å². The average Bonchev–Trinajstić information content (AvgIpc) is 3.37. The van der Waals surface area contributed by atoms with Gasteiger partial charge in [-0.25, -0.2) is 18.2 Å². The molecule has 0 spiro atoms. The standard InChI is InChI=1S/C27H28F6N4O3/c1-25(2,40-20-7-4-15(28)9-19(20)27(31,32)33)24(39)35-16-10-17-5-6-18(11-16)37(17)22-8-3-14(13-34-22)23(38)36-21-12-26(21,29)30/h3-4,7-9,13,16-18,21H,5-6,10-12H2,1-2H3,(H,35,39)(H,36,38)/t16?,17-,18+,21?. The molecule has 1 aliphatic carbocycles. The number of rotatable bonds is 7. The number of anilines is 1. The van der Waals surface area contributed by atoms with E-state index in [1.165, 1.54) is 26.1 Å². The summed E-state index contributed by atoms with van der Waals surface area (Å²) in [6.45, 7) is 2.70. The van der Waals surface area contributed by atoms with Crippen molar-refractivity contribution in [2.24, 2.45) is 0 Å². The molecule has 2 aliphatic heterocycles. The van der Waals surface area contributed by atoms with Gasteiger partial charge in [-0.3, -0.25) is 9.59 Å². The summed E-state index contributed by atoms with van der Waals surface area (Å²) in [5, 5.41) is 5.18. The fourth-order valence-electron chi connectivity index (χ4n) is 5.45. The number of fused-ring (bicyclic) bond motifs is 2. The van der Waals surface area contributed by atoms with Crippen LogP contribution in [-0.2, 0) is 11.0 Å². The van der Waals surface area contributed by atoms with Gasteiger partial charge in [0, 0.05) is 30.7 Å². The molecule has 216 valence electrons. The minimum Gasteiger partial charge on any atom is -0.477 e. The highest BCUT2D eigenvalue weighted by atomic mass is 19.4. The highest BCUT2D eigenvalue weighted by Crippen LogP contribution is 2.42. The van der Waals surface area contributed by atoms with E-state index in [1.807, 2.05) is 0 Å². The van der Waals surface area contributed by atoms with E-state index < -0.39 is 52.7 Å². The zero-order chi connectivity index (χ0) is 29.0. The van der Waals surface area contributed by atoms with Crippen LogP contribution in [0.5, 0.6) is 5.75 Å². The number of hydrogen-bond donors (Lipinski definition) is 2. The quantitative estimate of drug-likeness (QED) is 0.466. The van der Waals surface area contributed by atoms with Gasteiger partial charge >= 0.3 is 6.18 Å². The van der Waals surface area contributed by atoms with Gasteiger partial charge in [0.25, 0.3) is 17.7 Å². The molecule has 2 amide bonds. The maximum atomic E-state index is 13.5. The first-order valence-corrected chi connectivity index (χ1v) is 12.9. The second-order valence-corrected chi connectivity index (χ2v) is 11.1. The Labute approximate surface area is 226 Å². The second-order valence-electron chi connectivity index (χ2n) is 11.1. The molecule has 40 heavy (non-hydrogen) atoms. The first-order chi connectivity index (χ1) is 18.6. The molecule has 1 aromatic carbocycles. The van der Waals surface area contributed by atoms with Crippen molar-refractivity contribution in [3.05, 3.63) is 53.5 Å². The van der Waals surface area contributed by atoms with E-state index in [1.54, 1.807) is 6.07 Å². The van der Waals surface area contributed by atoms with E-state index in [2.05, 4.69) is 20.5 Å². The van der Waals surface area contributed by atoms with E-state index in [9.17, 15) is 35.9 Å². The molecule has 4 atom stereocenters. The largest absolute Gasteiger partial charge is 0.477 e. The van der Waals surface area contributed by atoms with Crippen molar-refractivity contribution in [2.75, 3.05) is 4.90 Å². The third kappa shape index (κ3) is 5.68. The highest BCUT2D eigenvalue weighted by Gasteiger charge is 2.58. The predicted octanol–water partition coefficient (Wildman–Crippen LogP) is 4.85. The molecule has 13 heteroatoms. The summed E-state index contributed by atoms with van der Waals surface area (Å²) in [7, 11) is 0. The molecule has 2 bridgehead atoms. The lowest BCUT2D eigenvalue weighted by molar-refractivity contribution is -0.144. The molecule has 1 saturated carbocycles. The van der Waals surface area contributed by atoms with Crippen LogP contribution in [0.4, 0.5) is 32.2 Å². The SMILES string of the molecule is CC(C)(Oc1ccc(F)cc1C(F)(F)F)C(=O)NC1C[C@H]2CC[C@@H](C1)N2c1ccc(C(=O)NC2CC2(F)F)cn1. The number of ether oxygens (including phenoxy) is 1. The monoisotopic (exact) mass is 570 g/mol. The Hall–Kier alpha value is -3.51. The van der Waals surface area contributed by atoms with Crippen molar-refractivity contribution in [3.63, 3.8) is 0 Å². The molecule has 3 heterocycles. The van der Waals surface area contributed by atoms with Crippen molar-refractivity contribution in [2.45, 2.75) is 87.8 Å². The molecule has 2 saturated heterocycles. The van der Waals surface area contributed by atoms with Gasteiger partial charge in [0.15, 0.2) is 5.60 Å². The number of piperidine rings is 1. The molecule has 1 aromatic heterocycles. The van der Waals surface area contributed by atoms with Crippen molar-refractivity contribution in [1.82, 2.24) is 15.6 Å². The van der Waals surface area contributed by atoms with Gasteiger partial charge in [-0.05, 0) is 69.9 Å². The number of benzene rings is 1. The first kappa shape index (κ1) is 28.0. The fraction of sp³-hybridized carbons (Fsp3) is 0.519. The van der Waals surface area contributed by atoms with Gasteiger partial charge in [-0.15, -0.1) is 0 Å². The number of alkyl halides is 5. The van der Waals surface area contributed by atoms with Crippen molar-refractivity contribution in [3.8, 4) is 5.75 Å². The number of aromatic nitrogens is 1. The molecule has 2 aromatic rings. The van der Waals surface area contributed by atoms with Crippen molar-refractivity contribution >= 4 is 17.6 Å². The molecule has 0 radical (unpaired) electrons. The summed E-state index contributed by atoms with van der Waals surface area (Å²) in [5.41, 5.74) is -2.80. The summed E-state index contributed by atoms with van der Waals surface area (Å²) in [4.78, 5) is 31.8. The maximum Gasteiger partial charge on any atom is 0.420 e. The fourth-order valence-corrected chi connectivity index (χ4v) is 5.45. The van der Waals surface area contributed by atoms with Crippen molar-refractivity contribution in [1.29, 1.82) is 0 Å². The van der Waals surface area contributed by atoms with Crippen molar-refractivity contribution < 1.29 is 40.7 Å². The van der Waals surface area contributed by atoms with E-state index in [-0.39, 0.29) is 30.1 Å². The minimum absolute atomic E-state index is 0.0272. The number of halogens is 6. The molecule has 7 nitrogen and oxygen atoms in total. The zero-order valence-electron chi connectivity index (χ0n) is 21.7. The zero-order valence-corrected chi connectivity index (χ0v) is 21.7. The third-order valence-electron chi connectivity index (χ3n) is 7.63. The van der Waals surface area contributed by atoms with Gasteiger partial charge in [0.2, 0.25) is 0 Å². The molecule has 3 aliphatic rings. The lowest BCUT2D eigenvalue weighted by Crippen LogP contribution is -2.55. The topological polar surface area (TPSA) is 83.6 Å². The van der Waals surface area contributed by atoms with Gasteiger partial charge in [-0.2, -0.15) is 13.2 Å². The number of amides is 2. The van der Waals surface area contributed by atoms with Crippen LogP contribution in [0.15, 0.2) is 36.5 Å². The number of nitrogens with one attached hydrogen (secondary N) is 2. The van der Waals surface area contributed by atoms with Crippen LogP contribution in [0.2, 0.25) is 0 Å². The number of nitrogens with zero attached hydrogens (tertiary/aromatic N) is 2. The number of pyridine rings is 1. The highest BCUT2D eigenvalue weighted by molar-refractivity contribution is 5.94. The Kier molecular flexibility index (Phi) is 6.90. The molecule has 3 fully saturated rings.